The lowest BCUT2D eigenvalue weighted by atomic mass is 10.2. The Bertz CT molecular complexity index is 243. The van der Waals surface area contributed by atoms with Crippen LogP contribution < -0.4 is 0 Å². The average molecular weight is 283 g/mol. The van der Waals surface area contributed by atoms with Crippen LogP contribution in [0.4, 0.5) is 0 Å². The average Bonchev–Trinajstić information content (AvgIpc) is 2.66. The van der Waals surface area contributed by atoms with E-state index in [9.17, 15) is 4.79 Å². The van der Waals surface area contributed by atoms with E-state index in [1.807, 2.05) is 0 Å². The highest BCUT2D eigenvalue weighted by Gasteiger charge is 2.15. The summed E-state index contributed by atoms with van der Waals surface area (Å²) in [7, 11) is 0. The van der Waals surface area contributed by atoms with Crippen molar-refractivity contribution in [3.8, 4) is 0 Å². The second kappa shape index (κ2) is 12.2. The zero-order chi connectivity index (χ0) is 14.5. The van der Waals surface area contributed by atoms with E-state index in [4.69, 9.17) is 4.74 Å². The first-order valence-corrected chi connectivity index (χ1v) is 8.70. The van der Waals surface area contributed by atoms with Gasteiger partial charge in [0.2, 0.25) is 5.91 Å². The van der Waals surface area contributed by atoms with E-state index in [0.29, 0.717) is 5.91 Å². The lowest BCUT2D eigenvalue weighted by Gasteiger charge is -2.20. The van der Waals surface area contributed by atoms with E-state index in [-0.39, 0.29) is 0 Å². The summed E-state index contributed by atoms with van der Waals surface area (Å²) >= 11 is 0. The number of hydrogen-bond donors (Lipinski definition) is 0. The smallest absolute Gasteiger partial charge is 0.222 e. The minimum absolute atomic E-state index is 0.370. The molecule has 1 saturated heterocycles. The van der Waals surface area contributed by atoms with E-state index in [1.165, 1.54) is 44.9 Å². The number of likely N-dealkylation sites (tertiary alicyclic amines) is 1. The number of rotatable bonds is 11. The maximum atomic E-state index is 11.8. The van der Waals surface area contributed by atoms with Crippen LogP contribution in [0.25, 0.3) is 0 Å². The van der Waals surface area contributed by atoms with Crippen molar-refractivity contribution >= 4 is 5.91 Å². The molecule has 1 rings (SSSR count). The zero-order valence-corrected chi connectivity index (χ0v) is 13.4. The number of ether oxygens (including phenoxy) is 1. The number of amides is 1. The largest absolute Gasteiger partial charge is 0.381 e. The number of nitrogens with zero attached hydrogens (tertiary/aromatic N) is 1. The van der Waals surface area contributed by atoms with Crippen molar-refractivity contribution in [3.63, 3.8) is 0 Å². The van der Waals surface area contributed by atoms with Crippen LogP contribution in [0.5, 0.6) is 0 Å². The molecule has 1 aliphatic heterocycles. The quantitative estimate of drug-likeness (QED) is 0.533. The third-order valence-electron chi connectivity index (χ3n) is 4.03. The molecule has 0 N–H and O–H groups in total. The number of carbonyl (C=O) groups excluding carboxylic acids is 1. The Morgan fingerprint density at radius 2 is 1.70 bits per heavy atom. The Balaban J connectivity index is 1.87. The van der Waals surface area contributed by atoms with E-state index in [2.05, 4.69) is 11.8 Å². The minimum Gasteiger partial charge on any atom is -0.381 e. The van der Waals surface area contributed by atoms with Crippen molar-refractivity contribution in [2.75, 3.05) is 26.3 Å². The number of hydrogen-bond acceptors (Lipinski definition) is 2. The SMILES string of the molecule is CCCCCCOCCCCCN1CCCCCC1=O. The summed E-state index contributed by atoms with van der Waals surface area (Å²) < 4.78 is 5.63. The second-order valence-corrected chi connectivity index (χ2v) is 5.93. The van der Waals surface area contributed by atoms with Crippen molar-refractivity contribution in [2.45, 2.75) is 77.6 Å². The van der Waals surface area contributed by atoms with Gasteiger partial charge in [-0.2, -0.15) is 0 Å². The summed E-state index contributed by atoms with van der Waals surface area (Å²) in [6.45, 7) is 5.97. The van der Waals surface area contributed by atoms with Gasteiger partial charge in [0, 0.05) is 32.7 Å². The van der Waals surface area contributed by atoms with Gasteiger partial charge in [-0.1, -0.05) is 32.6 Å². The predicted octanol–water partition coefficient (Wildman–Crippen LogP) is 4.16. The minimum atomic E-state index is 0.370. The highest BCUT2D eigenvalue weighted by Crippen LogP contribution is 2.12. The van der Waals surface area contributed by atoms with E-state index >= 15 is 0 Å². The van der Waals surface area contributed by atoms with Crippen LogP contribution in [0.2, 0.25) is 0 Å². The highest BCUT2D eigenvalue weighted by atomic mass is 16.5. The Kier molecular flexibility index (Phi) is 10.7. The Morgan fingerprint density at radius 1 is 0.950 bits per heavy atom. The molecule has 1 heterocycles. The van der Waals surface area contributed by atoms with Crippen molar-refractivity contribution in [2.24, 2.45) is 0 Å². The molecule has 3 heteroatoms. The molecule has 0 unspecified atom stereocenters. The molecule has 0 aromatic rings. The van der Waals surface area contributed by atoms with Crippen molar-refractivity contribution in [3.05, 3.63) is 0 Å². The first-order chi connectivity index (χ1) is 9.84. The molecule has 1 aliphatic rings. The normalized spacial score (nSPS) is 16.4. The van der Waals surface area contributed by atoms with Gasteiger partial charge in [-0.15, -0.1) is 0 Å². The molecule has 1 fully saturated rings. The Hall–Kier alpha value is -0.570. The molecule has 3 nitrogen and oxygen atoms in total. The molecule has 0 aromatic heterocycles. The molecule has 0 atom stereocenters. The molecule has 0 bridgehead atoms. The lowest BCUT2D eigenvalue weighted by molar-refractivity contribution is -0.130. The van der Waals surface area contributed by atoms with Gasteiger partial charge in [0.05, 0.1) is 0 Å². The molecule has 0 radical (unpaired) electrons. The molecule has 1 amide bonds. The third kappa shape index (κ3) is 8.57. The maximum absolute atomic E-state index is 11.8. The van der Waals surface area contributed by atoms with Gasteiger partial charge in [0.15, 0.2) is 0 Å². The first-order valence-electron chi connectivity index (χ1n) is 8.70. The van der Waals surface area contributed by atoms with Crippen LogP contribution in [0, 0.1) is 0 Å². The van der Waals surface area contributed by atoms with Gasteiger partial charge in [0.25, 0.3) is 0 Å². The lowest BCUT2D eigenvalue weighted by Crippen LogP contribution is -2.31. The molecular weight excluding hydrogens is 250 g/mol. The number of carbonyl (C=O) groups is 1. The summed E-state index contributed by atoms with van der Waals surface area (Å²) in [6, 6.07) is 0. The topological polar surface area (TPSA) is 29.5 Å². The van der Waals surface area contributed by atoms with Crippen molar-refractivity contribution in [1.29, 1.82) is 0 Å². The van der Waals surface area contributed by atoms with Crippen molar-refractivity contribution < 1.29 is 9.53 Å². The second-order valence-electron chi connectivity index (χ2n) is 5.93. The molecule has 0 aromatic carbocycles. The van der Waals surface area contributed by atoms with Crippen molar-refractivity contribution in [1.82, 2.24) is 4.90 Å². The molecule has 0 aliphatic carbocycles. The van der Waals surface area contributed by atoms with Crippen LogP contribution in [-0.4, -0.2) is 37.1 Å². The van der Waals surface area contributed by atoms with E-state index in [1.54, 1.807) is 0 Å². The van der Waals surface area contributed by atoms with E-state index in [0.717, 1.165) is 52.0 Å². The maximum Gasteiger partial charge on any atom is 0.222 e. The van der Waals surface area contributed by atoms with Gasteiger partial charge >= 0.3 is 0 Å². The van der Waals surface area contributed by atoms with Gasteiger partial charge in [-0.25, -0.2) is 0 Å². The fourth-order valence-electron chi connectivity index (χ4n) is 2.69. The molecule has 0 spiro atoms. The molecule has 20 heavy (non-hydrogen) atoms. The third-order valence-corrected chi connectivity index (χ3v) is 4.03. The number of unbranched alkanes of at least 4 members (excludes halogenated alkanes) is 5. The summed E-state index contributed by atoms with van der Waals surface area (Å²) in [5.41, 5.74) is 0. The Morgan fingerprint density at radius 3 is 2.45 bits per heavy atom. The van der Waals surface area contributed by atoms with Gasteiger partial charge in [-0.05, 0) is 38.5 Å². The highest BCUT2D eigenvalue weighted by molar-refractivity contribution is 5.76. The fourth-order valence-corrected chi connectivity index (χ4v) is 2.69. The van der Waals surface area contributed by atoms with Crippen LogP contribution >= 0.6 is 0 Å². The molecular formula is C17H33NO2. The van der Waals surface area contributed by atoms with Crippen LogP contribution in [0.1, 0.15) is 77.6 Å². The van der Waals surface area contributed by atoms with Gasteiger partial charge in [-0.3, -0.25) is 4.79 Å². The van der Waals surface area contributed by atoms with Crippen LogP contribution in [0.15, 0.2) is 0 Å². The molecule has 118 valence electrons. The summed E-state index contributed by atoms with van der Waals surface area (Å²) in [5.74, 6) is 0.370. The van der Waals surface area contributed by atoms with Gasteiger partial charge in [0.1, 0.15) is 0 Å². The van der Waals surface area contributed by atoms with Crippen LogP contribution in [-0.2, 0) is 9.53 Å². The Labute approximate surface area is 125 Å². The molecule has 0 saturated carbocycles. The van der Waals surface area contributed by atoms with Gasteiger partial charge < -0.3 is 9.64 Å². The summed E-state index contributed by atoms with van der Waals surface area (Å²) in [6.07, 6.45) is 12.8. The summed E-state index contributed by atoms with van der Waals surface area (Å²) in [5, 5.41) is 0. The van der Waals surface area contributed by atoms with E-state index < -0.39 is 0 Å². The predicted molar refractivity (Wildman–Crippen MR) is 83.9 cm³/mol. The standard InChI is InChI=1S/C17H33NO2/c1-2-3-4-10-15-20-16-11-6-9-14-18-13-8-5-7-12-17(18)19/h2-16H2,1H3. The first kappa shape index (κ1) is 17.5. The fraction of sp³-hybridized carbons (Fsp3) is 0.941. The summed E-state index contributed by atoms with van der Waals surface area (Å²) in [4.78, 5) is 13.9. The monoisotopic (exact) mass is 283 g/mol. The van der Waals surface area contributed by atoms with Crippen LogP contribution in [0.3, 0.4) is 0 Å². The zero-order valence-electron chi connectivity index (χ0n) is 13.4.